The second kappa shape index (κ2) is 7.38. The summed E-state index contributed by atoms with van der Waals surface area (Å²) < 4.78 is 43.9. The van der Waals surface area contributed by atoms with Gasteiger partial charge in [-0.15, -0.1) is 0 Å². The minimum Gasteiger partial charge on any atom is -0.399 e. The zero-order chi connectivity index (χ0) is 15.2. The molecular weight excluding hydrogens is 269 g/mol. The van der Waals surface area contributed by atoms with Crippen LogP contribution in [0.5, 0.6) is 0 Å². The standard InChI is InChI=1S/C14H21F3N2O/c1-10(2)20-8-4-3-7-19-13-6-5-11(18)9-12(13)14(15,16)17/h5-6,9-10,19H,3-4,7-8,18H2,1-2H3. The van der Waals surface area contributed by atoms with Crippen molar-refractivity contribution in [3.8, 4) is 0 Å². The van der Waals surface area contributed by atoms with Crippen LogP contribution in [0.4, 0.5) is 24.5 Å². The number of hydrogen-bond donors (Lipinski definition) is 2. The van der Waals surface area contributed by atoms with E-state index in [2.05, 4.69) is 5.32 Å². The Bertz CT molecular complexity index is 419. The molecule has 0 saturated carbocycles. The van der Waals surface area contributed by atoms with E-state index in [1.54, 1.807) is 0 Å². The first-order valence-corrected chi connectivity index (χ1v) is 6.63. The van der Waals surface area contributed by atoms with Gasteiger partial charge in [0.15, 0.2) is 0 Å². The summed E-state index contributed by atoms with van der Waals surface area (Å²) in [7, 11) is 0. The maximum atomic E-state index is 12.8. The van der Waals surface area contributed by atoms with E-state index in [4.69, 9.17) is 10.5 Å². The molecule has 0 spiro atoms. The molecule has 0 radical (unpaired) electrons. The zero-order valence-corrected chi connectivity index (χ0v) is 11.8. The summed E-state index contributed by atoms with van der Waals surface area (Å²) in [4.78, 5) is 0. The highest BCUT2D eigenvalue weighted by Gasteiger charge is 2.33. The molecule has 0 amide bonds. The van der Waals surface area contributed by atoms with Crippen LogP contribution in [0.25, 0.3) is 0 Å². The normalized spacial score (nSPS) is 11.9. The maximum absolute atomic E-state index is 12.8. The van der Waals surface area contributed by atoms with E-state index < -0.39 is 11.7 Å². The third-order valence-corrected chi connectivity index (χ3v) is 2.69. The fourth-order valence-corrected chi connectivity index (χ4v) is 1.72. The molecule has 0 aliphatic rings. The number of ether oxygens (including phenoxy) is 1. The summed E-state index contributed by atoms with van der Waals surface area (Å²) in [5.41, 5.74) is 4.85. The quantitative estimate of drug-likeness (QED) is 0.591. The van der Waals surface area contributed by atoms with Crippen molar-refractivity contribution in [2.24, 2.45) is 0 Å². The number of rotatable bonds is 7. The van der Waals surface area contributed by atoms with E-state index in [1.165, 1.54) is 12.1 Å². The number of nitrogens with one attached hydrogen (secondary N) is 1. The van der Waals surface area contributed by atoms with Gasteiger partial charge in [0.2, 0.25) is 0 Å². The second-order valence-electron chi connectivity index (χ2n) is 4.86. The van der Waals surface area contributed by atoms with Gasteiger partial charge in [-0.25, -0.2) is 0 Å². The third-order valence-electron chi connectivity index (χ3n) is 2.69. The summed E-state index contributed by atoms with van der Waals surface area (Å²) in [5, 5.41) is 2.80. The monoisotopic (exact) mass is 290 g/mol. The van der Waals surface area contributed by atoms with Crippen molar-refractivity contribution in [3.05, 3.63) is 23.8 Å². The van der Waals surface area contributed by atoms with Gasteiger partial charge in [-0.2, -0.15) is 13.2 Å². The van der Waals surface area contributed by atoms with Crippen LogP contribution >= 0.6 is 0 Å². The fourth-order valence-electron chi connectivity index (χ4n) is 1.72. The van der Waals surface area contributed by atoms with Crippen LogP contribution in [-0.2, 0) is 10.9 Å². The van der Waals surface area contributed by atoms with Gasteiger partial charge < -0.3 is 15.8 Å². The Morgan fingerprint density at radius 3 is 2.55 bits per heavy atom. The van der Waals surface area contributed by atoms with Crippen LogP contribution in [0.1, 0.15) is 32.3 Å². The summed E-state index contributed by atoms with van der Waals surface area (Å²) in [5.74, 6) is 0. The van der Waals surface area contributed by atoms with Crippen LogP contribution in [0.3, 0.4) is 0 Å². The smallest absolute Gasteiger partial charge is 0.399 e. The number of halogens is 3. The number of nitrogens with two attached hydrogens (primary N) is 1. The lowest BCUT2D eigenvalue weighted by Crippen LogP contribution is -2.13. The van der Waals surface area contributed by atoms with Crippen molar-refractivity contribution >= 4 is 11.4 Å². The minimum atomic E-state index is -4.40. The summed E-state index contributed by atoms with van der Waals surface area (Å²) in [6.45, 7) is 4.98. The molecule has 6 heteroatoms. The molecule has 1 aromatic rings. The Morgan fingerprint density at radius 2 is 1.95 bits per heavy atom. The molecule has 0 saturated heterocycles. The molecule has 0 aliphatic heterocycles. The first kappa shape index (κ1) is 16.6. The Hall–Kier alpha value is -1.43. The van der Waals surface area contributed by atoms with Crippen LogP contribution < -0.4 is 11.1 Å². The molecule has 1 aromatic carbocycles. The number of hydrogen-bond acceptors (Lipinski definition) is 3. The molecule has 0 heterocycles. The molecule has 3 N–H and O–H groups in total. The van der Waals surface area contributed by atoms with Crippen LogP contribution in [0, 0.1) is 0 Å². The lowest BCUT2D eigenvalue weighted by molar-refractivity contribution is -0.136. The highest BCUT2D eigenvalue weighted by Crippen LogP contribution is 2.35. The van der Waals surface area contributed by atoms with Gasteiger partial charge in [-0.05, 0) is 44.9 Å². The van der Waals surface area contributed by atoms with Gasteiger partial charge in [-0.1, -0.05) is 0 Å². The SMILES string of the molecule is CC(C)OCCCCNc1ccc(N)cc1C(F)(F)F. The van der Waals surface area contributed by atoms with Crippen molar-refractivity contribution in [2.45, 2.75) is 39.0 Å². The van der Waals surface area contributed by atoms with Crippen LogP contribution in [-0.4, -0.2) is 19.3 Å². The molecule has 0 bridgehead atoms. The molecule has 0 aliphatic carbocycles. The average molecular weight is 290 g/mol. The van der Waals surface area contributed by atoms with Crippen molar-refractivity contribution < 1.29 is 17.9 Å². The Kier molecular flexibility index (Phi) is 6.13. The second-order valence-corrected chi connectivity index (χ2v) is 4.86. The predicted octanol–water partition coefficient (Wildman–Crippen LogP) is 3.90. The van der Waals surface area contributed by atoms with Crippen molar-refractivity contribution in [2.75, 3.05) is 24.2 Å². The Labute approximate surface area is 117 Å². The minimum absolute atomic E-state index is 0.0662. The fraction of sp³-hybridized carbons (Fsp3) is 0.571. The van der Waals surface area contributed by atoms with E-state index in [-0.39, 0.29) is 17.5 Å². The van der Waals surface area contributed by atoms with Crippen molar-refractivity contribution in [1.29, 1.82) is 0 Å². The van der Waals surface area contributed by atoms with Crippen molar-refractivity contribution in [3.63, 3.8) is 0 Å². The predicted molar refractivity (Wildman–Crippen MR) is 74.7 cm³/mol. The molecule has 0 unspecified atom stereocenters. The first-order chi connectivity index (χ1) is 9.30. The van der Waals surface area contributed by atoms with Gasteiger partial charge in [0.1, 0.15) is 0 Å². The average Bonchev–Trinajstić information content (AvgIpc) is 2.33. The number of nitrogen functional groups attached to an aromatic ring is 1. The molecule has 0 atom stereocenters. The molecule has 0 aromatic heterocycles. The highest BCUT2D eigenvalue weighted by molar-refractivity contribution is 5.59. The van der Waals surface area contributed by atoms with Gasteiger partial charge >= 0.3 is 6.18 Å². The number of anilines is 2. The lowest BCUT2D eigenvalue weighted by Gasteiger charge is -2.15. The molecular formula is C14H21F3N2O. The number of benzene rings is 1. The summed E-state index contributed by atoms with van der Waals surface area (Å²) in [6.07, 6.45) is -2.68. The zero-order valence-electron chi connectivity index (χ0n) is 11.8. The van der Waals surface area contributed by atoms with Crippen LogP contribution in [0.15, 0.2) is 18.2 Å². The molecule has 20 heavy (non-hydrogen) atoms. The summed E-state index contributed by atoms with van der Waals surface area (Å²) >= 11 is 0. The van der Waals surface area contributed by atoms with E-state index in [0.717, 1.165) is 18.9 Å². The molecule has 1 rings (SSSR count). The largest absolute Gasteiger partial charge is 0.418 e. The van der Waals surface area contributed by atoms with Crippen molar-refractivity contribution in [1.82, 2.24) is 0 Å². The first-order valence-electron chi connectivity index (χ1n) is 6.63. The van der Waals surface area contributed by atoms with Gasteiger partial charge in [-0.3, -0.25) is 0 Å². The Balaban J connectivity index is 2.48. The summed E-state index contributed by atoms with van der Waals surface area (Å²) in [6, 6.07) is 3.77. The maximum Gasteiger partial charge on any atom is 0.418 e. The third kappa shape index (κ3) is 5.69. The van der Waals surface area contributed by atoms with Gasteiger partial charge in [0, 0.05) is 24.5 Å². The topological polar surface area (TPSA) is 47.3 Å². The van der Waals surface area contributed by atoms with E-state index >= 15 is 0 Å². The van der Waals surface area contributed by atoms with Gasteiger partial charge in [0.25, 0.3) is 0 Å². The number of alkyl halides is 3. The van der Waals surface area contributed by atoms with E-state index in [0.29, 0.717) is 13.2 Å². The molecule has 3 nitrogen and oxygen atoms in total. The molecule has 0 fully saturated rings. The van der Waals surface area contributed by atoms with E-state index in [1.807, 2.05) is 13.8 Å². The number of unbranched alkanes of at least 4 members (excludes halogenated alkanes) is 1. The van der Waals surface area contributed by atoms with Gasteiger partial charge in [0.05, 0.1) is 11.7 Å². The lowest BCUT2D eigenvalue weighted by atomic mass is 10.1. The molecule has 114 valence electrons. The highest BCUT2D eigenvalue weighted by atomic mass is 19.4. The van der Waals surface area contributed by atoms with Crippen LogP contribution in [0.2, 0.25) is 0 Å². The van der Waals surface area contributed by atoms with E-state index in [9.17, 15) is 13.2 Å². The Morgan fingerprint density at radius 1 is 1.25 bits per heavy atom.